The maximum absolute atomic E-state index is 13.0. The van der Waals surface area contributed by atoms with Gasteiger partial charge in [-0.15, -0.1) is 0 Å². The first-order valence-corrected chi connectivity index (χ1v) is 12.4. The van der Waals surface area contributed by atoms with Gasteiger partial charge < -0.3 is 20.1 Å². The minimum absolute atomic E-state index is 0.00400. The topological polar surface area (TPSA) is 123 Å². The molecule has 0 radical (unpaired) electrons. The molecule has 182 valence electrons. The van der Waals surface area contributed by atoms with Crippen molar-refractivity contribution in [3.63, 3.8) is 0 Å². The van der Waals surface area contributed by atoms with Crippen LogP contribution >= 0.6 is 0 Å². The Labute approximate surface area is 203 Å². The lowest BCUT2D eigenvalue weighted by Gasteiger charge is -2.19. The number of carbonyl (C=O) groups excluding carboxylic acids is 2. The van der Waals surface area contributed by atoms with Crippen molar-refractivity contribution in [1.29, 1.82) is 0 Å². The summed E-state index contributed by atoms with van der Waals surface area (Å²) in [5.41, 5.74) is 1.17. The molecule has 35 heavy (non-hydrogen) atoms. The number of rotatable bonds is 7. The normalized spacial score (nSPS) is 12.7. The fraction of sp³-hybridized carbons (Fsp3) is 0.200. The molecule has 0 aromatic heterocycles. The van der Waals surface area contributed by atoms with Crippen LogP contribution in [0.1, 0.15) is 34.6 Å². The number of para-hydroxylation sites is 1. The molecule has 4 rings (SSSR count). The molecule has 1 aliphatic rings. The predicted octanol–water partition coefficient (Wildman–Crippen LogP) is 3.65. The summed E-state index contributed by atoms with van der Waals surface area (Å²) in [7, 11) is -4.01. The summed E-state index contributed by atoms with van der Waals surface area (Å²) in [6.45, 7) is 4.46. The highest BCUT2D eigenvalue weighted by Crippen LogP contribution is 2.33. The maximum atomic E-state index is 13.0. The van der Waals surface area contributed by atoms with E-state index in [4.69, 9.17) is 9.47 Å². The minimum atomic E-state index is -4.01. The molecule has 0 spiro atoms. The maximum Gasteiger partial charge on any atom is 0.262 e. The molecule has 0 saturated heterocycles. The van der Waals surface area contributed by atoms with Crippen molar-refractivity contribution in [2.75, 3.05) is 23.3 Å². The predicted molar refractivity (Wildman–Crippen MR) is 132 cm³/mol. The molecule has 10 heteroatoms. The first kappa shape index (κ1) is 24.1. The van der Waals surface area contributed by atoms with Crippen LogP contribution in [-0.2, 0) is 10.0 Å². The zero-order valence-electron chi connectivity index (χ0n) is 19.2. The van der Waals surface area contributed by atoms with Gasteiger partial charge in [-0.05, 0) is 62.4 Å². The van der Waals surface area contributed by atoms with E-state index in [2.05, 4.69) is 15.4 Å². The smallest absolute Gasteiger partial charge is 0.262 e. The van der Waals surface area contributed by atoms with Gasteiger partial charge in [0.05, 0.1) is 16.1 Å². The van der Waals surface area contributed by atoms with Crippen LogP contribution in [0.25, 0.3) is 0 Å². The Morgan fingerprint density at radius 1 is 0.857 bits per heavy atom. The lowest BCUT2D eigenvalue weighted by molar-refractivity contribution is 0.0942. The van der Waals surface area contributed by atoms with E-state index in [0.717, 1.165) is 0 Å². The van der Waals surface area contributed by atoms with E-state index in [-0.39, 0.29) is 28.1 Å². The highest BCUT2D eigenvalue weighted by Gasteiger charge is 2.22. The Balaban J connectivity index is 1.51. The van der Waals surface area contributed by atoms with Crippen LogP contribution < -0.4 is 24.8 Å². The number of sulfonamides is 1. The highest BCUT2D eigenvalue weighted by molar-refractivity contribution is 7.92. The summed E-state index contributed by atoms with van der Waals surface area (Å²) < 4.78 is 39.4. The largest absolute Gasteiger partial charge is 0.486 e. The van der Waals surface area contributed by atoms with Gasteiger partial charge in [0, 0.05) is 23.4 Å². The molecule has 1 aliphatic heterocycles. The molecule has 1 heterocycles. The quantitative estimate of drug-likeness (QED) is 0.460. The van der Waals surface area contributed by atoms with Gasteiger partial charge in [-0.3, -0.25) is 14.3 Å². The summed E-state index contributed by atoms with van der Waals surface area (Å²) >= 11 is 0. The molecule has 0 bridgehead atoms. The van der Waals surface area contributed by atoms with Crippen molar-refractivity contribution in [3.05, 3.63) is 77.9 Å². The fourth-order valence-electron chi connectivity index (χ4n) is 3.41. The number of amides is 2. The van der Waals surface area contributed by atoms with E-state index < -0.39 is 15.9 Å². The molecule has 3 aromatic rings. The number of anilines is 2. The number of nitrogens with one attached hydrogen (secondary N) is 3. The van der Waals surface area contributed by atoms with Crippen LogP contribution in [0, 0.1) is 0 Å². The summed E-state index contributed by atoms with van der Waals surface area (Å²) in [5.74, 6) is 0.0972. The van der Waals surface area contributed by atoms with E-state index in [1.54, 1.807) is 36.4 Å². The number of carbonyl (C=O) groups is 2. The fourth-order valence-corrected chi connectivity index (χ4v) is 4.51. The van der Waals surface area contributed by atoms with Gasteiger partial charge in [0.15, 0.2) is 11.5 Å². The molecule has 0 aliphatic carbocycles. The number of hydrogen-bond acceptors (Lipinski definition) is 6. The summed E-state index contributed by atoms with van der Waals surface area (Å²) in [4.78, 5) is 25.0. The van der Waals surface area contributed by atoms with Crippen LogP contribution in [0.3, 0.4) is 0 Å². The first-order valence-electron chi connectivity index (χ1n) is 11.0. The SMILES string of the molecule is CC(C)NC(=O)c1ccc(NC(=O)c2ccccc2NS(=O)(=O)c2ccc3c(c2)OCCO3)cc1. The second-order valence-corrected chi connectivity index (χ2v) is 9.80. The molecule has 3 N–H and O–H groups in total. The number of benzene rings is 3. The third-order valence-electron chi connectivity index (χ3n) is 5.06. The van der Waals surface area contributed by atoms with Crippen LogP contribution in [-0.4, -0.2) is 39.5 Å². The van der Waals surface area contributed by atoms with E-state index in [1.807, 2.05) is 13.8 Å². The van der Waals surface area contributed by atoms with Gasteiger partial charge in [0.1, 0.15) is 13.2 Å². The number of hydrogen-bond donors (Lipinski definition) is 3. The molecule has 0 saturated carbocycles. The molecular formula is C25H25N3O6S. The molecule has 0 atom stereocenters. The number of ether oxygens (including phenoxy) is 2. The molecular weight excluding hydrogens is 470 g/mol. The van der Waals surface area contributed by atoms with Crippen molar-refractivity contribution in [2.24, 2.45) is 0 Å². The Kier molecular flexibility index (Phi) is 6.92. The Morgan fingerprint density at radius 3 is 2.26 bits per heavy atom. The average Bonchev–Trinajstić information content (AvgIpc) is 2.84. The zero-order valence-corrected chi connectivity index (χ0v) is 20.0. The van der Waals surface area contributed by atoms with Gasteiger partial charge >= 0.3 is 0 Å². The van der Waals surface area contributed by atoms with Gasteiger partial charge in [-0.1, -0.05) is 12.1 Å². The molecule has 9 nitrogen and oxygen atoms in total. The minimum Gasteiger partial charge on any atom is -0.486 e. The second kappa shape index (κ2) is 10.1. The summed E-state index contributed by atoms with van der Waals surface area (Å²) in [5, 5.41) is 5.53. The number of fused-ring (bicyclic) bond motifs is 1. The highest BCUT2D eigenvalue weighted by atomic mass is 32.2. The van der Waals surface area contributed by atoms with Crippen molar-refractivity contribution < 1.29 is 27.5 Å². The zero-order chi connectivity index (χ0) is 25.0. The lowest BCUT2D eigenvalue weighted by Crippen LogP contribution is -2.30. The van der Waals surface area contributed by atoms with E-state index in [1.165, 1.54) is 30.3 Å². The van der Waals surface area contributed by atoms with Gasteiger partial charge in [-0.2, -0.15) is 0 Å². The summed E-state index contributed by atoms with van der Waals surface area (Å²) in [6, 6.07) is 17.0. The third-order valence-corrected chi connectivity index (χ3v) is 6.43. The Bertz CT molecular complexity index is 1350. The standard InChI is InChI=1S/C25H25N3O6S/c1-16(2)26-24(29)17-7-9-18(10-8-17)27-25(30)20-5-3-4-6-21(20)28-35(31,32)19-11-12-22-23(15-19)34-14-13-33-22/h3-12,15-16,28H,13-14H2,1-2H3,(H,26,29)(H,27,30). The monoisotopic (exact) mass is 495 g/mol. The first-order chi connectivity index (χ1) is 16.7. The van der Waals surface area contributed by atoms with Crippen molar-refractivity contribution in [2.45, 2.75) is 24.8 Å². The van der Waals surface area contributed by atoms with Crippen molar-refractivity contribution in [1.82, 2.24) is 5.32 Å². The van der Waals surface area contributed by atoms with Crippen LogP contribution in [0.15, 0.2) is 71.6 Å². The Morgan fingerprint density at radius 2 is 1.54 bits per heavy atom. The van der Waals surface area contributed by atoms with Gasteiger partial charge in [-0.25, -0.2) is 8.42 Å². The van der Waals surface area contributed by atoms with E-state index in [9.17, 15) is 18.0 Å². The van der Waals surface area contributed by atoms with Gasteiger partial charge in [0.2, 0.25) is 0 Å². The molecule has 0 fully saturated rings. The average molecular weight is 496 g/mol. The van der Waals surface area contributed by atoms with Crippen LogP contribution in [0.4, 0.5) is 11.4 Å². The Hall–Kier alpha value is -4.05. The molecule has 3 aromatic carbocycles. The third kappa shape index (κ3) is 5.72. The second-order valence-electron chi connectivity index (χ2n) is 8.12. The van der Waals surface area contributed by atoms with Gasteiger partial charge in [0.25, 0.3) is 21.8 Å². The van der Waals surface area contributed by atoms with Crippen molar-refractivity contribution in [3.8, 4) is 11.5 Å². The van der Waals surface area contributed by atoms with Crippen molar-refractivity contribution >= 4 is 33.2 Å². The van der Waals surface area contributed by atoms with E-state index >= 15 is 0 Å². The lowest BCUT2D eigenvalue weighted by atomic mass is 10.1. The van der Waals surface area contributed by atoms with E-state index in [0.29, 0.717) is 36.0 Å². The van der Waals surface area contributed by atoms with Crippen LogP contribution in [0.5, 0.6) is 11.5 Å². The van der Waals surface area contributed by atoms with Crippen LogP contribution in [0.2, 0.25) is 0 Å². The molecule has 2 amide bonds. The molecule has 0 unspecified atom stereocenters. The summed E-state index contributed by atoms with van der Waals surface area (Å²) in [6.07, 6.45) is 0.